The Hall–Kier alpha value is -3.95. The number of benzene rings is 1. The Kier molecular flexibility index (Phi) is 5.64. The highest BCUT2D eigenvalue weighted by molar-refractivity contribution is 6.00. The molecular formula is C24H20F3N5O2. The van der Waals surface area contributed by atoms with Gasteiger partial charge in [-0.05, 0) is 36.1 Å². The number of pyridine rings is 2. The molecule has 0 atom stereocenters. The van der Waals surface area contributed by atoms with Crippen molar-refractivity contribution in [3.8, 4) is 17.0 Å². The van der Waals surface area contributed by atoms with Crippen LogP contribution in [0.3, 0.4) is 0 Å². The van der Waals surface area contributed by atoms with Crippen LogP contribution in [-0.4, -0.2) is 38.4 Å². The number of alkyl halides is 3. The molecule has 174 valence electrons. The van der Waals surface area contributed by atoms with Crippen LogP contribution in [0, 0.1) is 5.92 Å². The molecule has 1 saturated carbocycles. The lowest BCUT2D eigenvalue weighted by atomic mass is 10.1. The second-order valence-corrected chi connectivity index (χ2v) is 8.15. The Morgan fingerprint density at radius 1 is 1.15 bits per heavy atom. The minimum atomic E-state index is -4.47. The van der Waals surface area contributed by atoms with E-state index in [2.05, 4.69) is 20.4 Å². The molecule has 1 aromatic carbocycles. The first-order valence-electron chi connectivity index (χ1n) is 10.7. The lowest BCUT2D eigenvalue weighted by Gasteiger charge is -2.14. The molecule has 5 rings (SSSR count). The quantitative estimate of drug-likeness (QED) is 0.421. The summed E-state index contributed by atoms with van der Waals surface area (Å²) in [7, 11) is 0. The molecule has 10 heteroatoms. The summed E-state index contributed by atoms with van der Waals surface area (Å²) < 4.78 is 44.8. The molecule has 3 heterocycles. The maximum atomic E-state index is 12.7. The largest absolute Gasteiger partial charge is 0.468 e. The zero-order valence-electron chi connectivity index (χ0n) is 17.9. The van der Waals surface area contributed by atoms with Crippen LogP contribution in [0.5, 0.6) is 5.88 Å². The number of nitrogens with one attached hydrogen (secondary N) is 1. The molecule has 3 aromatic heterocycles. The van der Waals surface area contributed by atoms with E-state index in [1.165, 1.54) is 6.20 Å². The molecule has 0 saturated heterocycles. The fraction of sp³-hybridized carbons (Fsp3) is 0.250. The van der Waals surface area contributed by atoms with Gasteiger partial charge < -0.3 is 10.1 Å². The average Bonchev–Trinajstić information content (AvgIpc) is 3.59. The summed E-state index contributed by atoms with van der Waals surface area (Å²) >= 11 is 0. The molecule has 0 bridgehead atoms. The van der Waals surface area contributed by atoms with Crippen molar-refractivity contribution in [1.82, 2.24) is 19.7 Å². The Bertz CT molecular complexity index is 1330. The lowest BCUT2D eigenvalue weighted by molar-refractivity contribution is -0.154. The fourth-order valence-corrected chi connectivity index (χ4v) is 3.60. The number of hydrogen-bond donors (Lipinski definition) is 1. The van der Waals surface area contributed by atoms with Gasteiger partial charge in [0.15, 0.2) is 6.61 Å². The molecule has 0 aliphatic heterocycles. The maximum Gasteiger partial charge on any atom is 0.422 e. The molecule has 1 aliphatic rings. The van der Waals surface area contributed by atoms with Crippen LogP contribution in [0.25, 0.3) is 22.0 Å². The third-order valence-corrected chi connectivity index (χ3v) is 5.38. The zero-order chi connectivity index (χ0) is 23.7. The number of halogens is 3. The maximum absolute atomic E-state index is 12.7. The first kappa shape index (κ1) is 21.9. The molecule has 1 amide bonds. The van der Waals surface area contributed by atoms with E-state index >= 15 is 0 Å². The van der Waals surface area contributed by atoms with E-state index in [-0.39, 0.29) is 17.7 Å². The van der Waals surface area contributed by atoms with Crippen LogP contribution >= 0.6 is 0 Å². The topological polar surface area (TPSA) is 81.9 Å². The molecule has 1 N–H and O–H groups in total. The summed E-state index contributed by atoms with van der Waals surface area (Å²) in [6, 6.07) is 12.5. The number of nitrogens with zero attached hydrogens (tertiary/aromatic N) is 4. The summed E-state index contributed by atoms with van der Waals surface area (Å²) in [4.78, 5) is 20.6. The number of amides is 1. The van der Waals surface area contributed by atoms with E-state index < -0.39 is 12.8 Å². The van der Waals surface area contributed by atoms with E-state index in [4.69, 9.17) is 4.74 Å². The number of anilines is 1. The molecule has 0 radical (unpaired) electrons. The minimum Gasteiger partial charge on any atom is -0.468 e. The third kappa shape index (κ3) is 5.00. The fourth-order valence-electron chi connectivity index (χ4n) is 3.60. The Morgan fingerprint density at radius 2 is 1.94 bits per heavy atom. The Balaban J connectivity index is 1.43. The average molecular weight is 467 g/mol. The van der Waals surface area contributed by atoms with Crippen molar-refractivity contribution in [3.05, 3.63) is 66.6 Å². The number of carbonyl (C=O) groups excluding carboxylic acids is 1. The van der Waals surface area contributed by atoms with E-state index in [9.17, 15) is 18.0 Å². The third-order valence-electron chi connectivity index (χ3n) is 5.38. The smallest absolute Gasteiger partial charge is 0.422 e. The first-order chi connectivity index (χ1) is 16.4. The van der Waals surface area contributed by atoms with Crippen LogP contribution in [-0.2, 0) is 11.3 Å². The highest BCUT2D eigenvalue weighted by atomic mass is 19.4. The molecule has 0 spiro atoms. The Labute approximate surface area is 192 Å². The number of hydrogen-bond acceptors (Lipinski definition) is 5. The van der Waals surface area contributed by atoms with Gasteiger partial charge in [-0.15, -0.1) is 0 Å². The van der Waals surface area contributed by atoms with Crippen LogP contribution in [0.15, 0.2) is 61.1 Å². The summed E-state index contributed by atoms with van der Waals surface area (Å²) in [6.45, 7) is -1.11. The predicted octanol–water partition coefficient (Wildman–Crippen LogP) is 4.83. The van der Waals surface area contributed by atoms with E-state index in [1.54, 1.807) is 53.5 Å². The molecule has 4 aromatic rings. The number of carbonyl (C=O) groups is 1. The van der Waals surface area contributed by atoms with Crippen LogP contribution < -0.4 is 10.1 Å². The minimum absolute atomic E-state index is 0.0427. The van der Waals surface area contributed by atoms with Gasteiger partial charge >= 0.3 is 6.18 Å². The SMILES string of the molecule is O=C(Nc1nccc2nn(Cc3cnc(OCC(F)(F)F)c(-c4ccccc4)c3)cc12)C1CC1. The highest BCUT2D eigenvalue weighted by Crippen LogP contribution is 2.32. The standard InChI is InChI=1S/C24H20F3N5O2/c25-24(26,27)14-34-23-18(16-4-2-1-3-5-16)10-15(11-29-23)12-32-13-19-20(31-32)8-9-28-21(19)30-22(33)17-6-7-17/h1-5,8-11,13,17H,6-7,12,14H2,(H,28,30,33). The van der Waals surface area contributed by atoms with Crippen molar-refractivity contribution in [2.45, 2.75) is 25.6 Å². The summed E-state index contributed by atoms with van der Waals surface area (Å²) in [5.41, 5.74) is 2.54. The first-order valence-corrected chi connectivity index (χ1v) is 10.7. The number of rotatable bonds is 7. The molecule has 7 nitrogen and oxygen atoms in total. The highest BCUT2D eigenvalue weighted by Gasteiger charge is 2.30. The summed E-state index contributed by atoms with van der Waals surface area (Å²) in [5, 5.41) is 8.12. The number of fused-ring (bicyclic) bond motifs is 1. The van der Waals surface area contributed by atoms with Gasteiger partial charge in [-0.2, -0.15) is 18.3 Å². The van der Waals surface area contributed by atoms with E-state index in [0.29, 0.717) is 34.4 Å². The summed E-state index contributed by atoms with van der Waals surface area (Å²) in [6.07, 6.45) is 2.15. The van der Waals surface area contributed by atoms with Gasteiger partial charge in [0.25, 0.3) is 0 Å². The second-order valence-electron chi connectivity index (χ2n) is 8.15. The van der Waals surface area contributed by atoms with Crippen molar-refractivity contribution < 1.29 is 22.7 Å². The normalized spacial score (nSPS) is 13.7. The van der Waals surface area contributed by atoms with Crippen LogP contribution in [0.1, 0.15) is 18.4 Å². The van der Waals surface area contributed by atoms with Crippen molar-refractivity contribution in [1.29, 1.82) is 0 Å². The number of aromatic nitrogens is 4. The van der Waals surface area contributed by atoms with Crippen LogP contribution in [0.4, 0.5) is 19.0 Å². The monoisotopic (exact) mass is 467 g/mol. The van der Waals surface area contributed by atoms with Gasteiger partial charge in [0.2, 0.25) is 11.8 Å². The molecular weight excluding hydrogens is 447 g/mol. The van der Waals surface area contributed by atoms with E-state index in [1.807, 2.05) is 6.07 Å². The molecule has 1 aliphatic carbocycles. The lowest BCUT2D eigenvalue weighted by Crippen LogP contribution is -2.20. The second kappa shape index (κ2) is 8.77. The predicted molar refractivity (Wildman–Crippen MR) is 119 cm³/mol. The molecule has 1 fully saturated rings. The van der Waals surface area contributed by atoms with Gasteiger partial charge in [0.1, 0.15) is 5.82 Å². The number of ether oxygens (including phenoxy) is 1. The molecule has 0 unspecified atom stereocenters. The van der Waals surface area contributed by atoms with E-state index in [0.717, 1.165) is 18.4 Å². The van der Waals surface area contributed by atoms with Gasteiger partial charge in [-0.3, -0.25) is 9.48 Å². The zero-order valence-corrected chi connectivity index (χ0v) is 17.9. The van der Waals surface area contributed by atoms with Gasteiger partial charge in [-0.1, -0.05) is 30.3 Å². The van der Waals surface area contributed by atoms with Crippen molar-refractivity contribution >= 4 is 22.6 Å². The summed E-state index contributed by atoms with van der Waals surface area (Å²) in [5.74, 6) is 0.374. The molecule has 34 heavy (non-hydrogen) atoms. The Morgan fingerprint density at radius 3 is 2.68 bits per heavy atom. The van der Waals surface area contributed by atoms with Gasteiger partial charge in [0.05, 0.1) is 17.4 Å². The van der Waals surface area contributed by atoms with Crippen LogP contribution in [0.2, 0.25) is 0 Å². The van der Waals surface area contributed by atoms with Crippen molar-refractivity contribution in [3.63, 3.8) is 0 Å². The van der Waals surface area contributed by atoms with Gasteiger partial charge in [0, 0.05) is 30.1 Å². The van der Waals surface area contributed by atoms with Gasteiger partial charge in [-0.25, -0.2) is 9.97 Å². The van der Waals surface area contributed by atoms with Crippen molar-refractivity contribution in [2.24, 2.45) is 5.92 Å². The van der Waals surface area contributed by atoms with Crippen molar-refractivity contribution in [2.75, 3.05) is 11.9 Å².